The number of aromatic nitrogens is 4. The van der Waals surface area contributed by atoms with Gasteiger partial charge < -0.3 is 14.7 Å². The van der Waals surface area contributed by atoms with Crippen molar-refractivity contribution in [2.24, 2.45) is 0 Å². The molecule has 0 bridgehead atoms. The van der Waals surface area contributed by atoms with Gasteiger partial charge in [-0.05, 0) is 34.7 Å². The third-order valence-electron chi connectivity index (χ3n) is 3.16. The highest BCUT2D eigenvalue weighted by Gasteiger charge is 2.15. The Bertz CT molecular complexity index is 703. The van der Waals surface area contributed by atoms with Crippen molar-refractivity contribution in [1.82, 2.24) is 25.1 Å². The number of carbonyl (C=O) groups excluding carboxylic acids is 1. The maximum absolute atomic E-state index is 12.0. The summed E-state index contributed by atoms with van der Waals surface area (Å²) >= 11 is 5.80. The minimum absolute atomic E-state index is 0.0841. The highest BCUT2D eigenvalue weighted by atomic mass is 35.5. The highest BCUT2D eigenvalue weighted by Crippen LogP contribution is 2.16. The lowest BCUT2D eigenvalue weighted by Gasteiger charge is -2.16. The Kier molecular flexibility index (Phi) is 6.07. The Morgan fingerprint density at radius 2 is 2.04 bits per heavy atom. The summed E-state index contributed by atoms with van der Waals surface area (Å²) in [4.78, 5) is 23.9. The first-order valence-corrected chi connectivity index (χ1v) is 7.42. The standard InChI is InChI=1S/C14H16ClN5O4/c1-19(7-6-14(22)23)13(21)8-20-12(16-17-18-20)9-24-11-4-2-10(15)3-5-11/h2-5H,6-9H2,1H3,(H,22,23). The minimum Gasteiger partial charge on any atom is -0.486 e. The quantitative estimate of drug-likeness (QED) is 0.748. The molecule has 24 heavy (non-hydrogen) atoms. The average molecular weight is 354 g/mol. The first-order valence-electron chi connectivity index (χ1n) is 7.05. The molecule has 0 aliphatic heterocycles. The van der Waals surface area contributed by atoms with Crippen LogP contribution >= 0.6 is 11.6 Å². The van der Waals surface area contributed by atoms with Crippen LogP contribution in [0.4, 0.5) is 0 Å². The molecule has 0 atom stereocenters. The van der Waals surface area contributed by atoms with Gasteiger partial charge in [0.25, 0.3) is 0 Å². The zero-order valence-electron chi connectivity index (χ0n) is 12.9. The predicted octanol–water partition coefficient (Wildman–Crippen LogP) is 0.839. The van der Waals surface area contributed by atoms with E-state index in [-0.39, 0.29) is 32.0 Å². The molecule has 0 aliphatic carbocycles. The second kappa shape index (κ2) is 8.25. The largest absolute Gasteiger partial charge is 0.486 e. The molecule has 0 spiro atoms. The summed E-state index contributed by atoms with van der Waals surface area (Å²) in [6.07, 6.45) is -0.121. The number of carboxylic acids is 1. The molecule has 1 aromatic carbocycles. The highest BCUT2D eigenvalue weighted by molar-refractivity contribution is 6.30. The van der Waals surface area contributed by atoms with Gasteiger partial charge in [-0.15, -0.1) is 5.10 Å². The van der Waals surface area contributed by atoms with Crippen LogP contribution in [0.5, 0.6) is 5.75 Å². The third kappa shape index (κ3) is 5.20. The van der Waals surface area contributed by atoms with Gasteiger partial charge in [0.1, 0.15) is 18.9 Å². The minimum atomic E-state index is -0.964. The fourth-order valence-electron chi connectivity index (χ4n) is 1.76. The van der Waals surface area contributed by atoms with Crippen molar-refractivity contribution in [1.29, 1.82) is 0 Å². The maximum atomic E-state index is 12.0. The summed E-state index contributed by atoms with van der Waals surface area (Å²) in [5.74, 6) is -0.283. The molecule has 2 rings (SSSR count). The molecule has 1 amide bonds. The van der Waals surface area contributed by atoms with Gasteiger partial charge in [-0.2, -0.15) is 0 Å². The predicted molar refractivity (Wildman–Crippen MR) is 83.5 cm³/mol. The molecule has 1 aromatic heterocycles. The number of carbonyl (C=O) groups is 2. The van der Waals surface area contributed by atoms with E-state index >= 15 is 0 Å². The molecule has 0 unspecified atom stereocenters. The molecule has 0 saturated carbocycles. The molecule has 128 valence electrons. The van der Waals surface area contributed by atoms with Gasteiger partial charge in [0.15, 0.2) is 5.82 Å². The number of tetrazole rings is 1. The second-order valence-electron chi connectivity index (χ2n) is 4.95. The Hall–Kier alpha value is -2.68. The molecule has 0 aliphatic rings. The molecule has 0 saturated heterocycles. The van der Waals surface area contributed by atoms with Crippen molar-refractivity contribution in [3.8, 4) is 5.75 Å². The number of nitrogens with zero attached hydrogens (tertiary/aromatic N) is 5. The van der Waals surface area contributed by atoms with E-state index < -0.39 is 5.97 Å². The molecule has 0 radical (unpaired) electrons. The van der Waals surface area contributed by atoms with Gasteiger partial charge in [0, 0.05) is 18.6 Å². The monoisotopic (exact) mass is 353 g/mol. The number of likely N-dealkylation sites (N-methyl/N-ethyl adjacent to an activating group) is 1. The number of hydrogen-bond donors (Lipinski definition) is 1. The summed E-state index contributed by atoms with van der Waals surface area (Å²) in [7, 11) is 1.53. The zero-order chi connectivity index (χ0) is 17.5. The van der Waals surface area contributed by atoms with Gasteiger partial charge in [-0.3, -0.25) is 9.59 Å². The van der Waals surface area contributed by atoms with E-state index in [1.54, 1.807) is 24.3 Å². The maximum Gasteiger partial charge on any atom is 0.305 e. The van der Waals surface area contributed by atoms with Crippen LogP contribution in [0.1, 0.15) is 12.2 Å². The first-order chi connectivity index (χ1) is 11.5. The van der Waals surface area contributed by atoms with Crippen molar-refractivity contribution in [3.63, 3.8) is 0 Å². The molecular weight excluding hydrogens is 338 g/mol. The number of halogens is 1. The number of rotatable bonds is 8. The summed E-state index contributed by atoms with van der Waals surface area (Å²) < 4.78 is 6.86. The van der Waals surface area contributed by atoms with E-state index in [0.29, 0.717) is 16.6 Å². The van der Waals surface area contributed by atoms with E-state index in [2.05, 4.69) is 15.5 Å². The molecule has 10 heteroatoms. The van der Waals surface area contributed by atoms with E-state index in [0.717, 1.165) is 0 Å². The van der Waals surface area contributed by atoms with Crippen LogP contribution in [0.15, 0.2) is 24.3 Å². The lowest BCUT2D eigenvalue weighted by Crippen LogP contribution is -2.33. The van der Waals surface area contributed by atoms with E-state index in [4.69, 9.17) is 21.4 Å². The molecule has 2 aromatic rings. The summed E-state index contributed by atoms with van der Waals surface area (Å²) in [6, 6.07) is 6.81. The number of benzene rings is 1. The van der Waals surface area contributed by atoms with Crippen LogP contribution in [0.25, 0.3) is 0 Å². The molecule has 0 fully saturated rings. The van der Waals surface area contributed by atoms with Gasteiger partial charge in [-0.25, -0.2) is 4.68 Å². The van der Waals surface area contributed by atoms with Crippen molar-refractivity contribution >= 4 is 23.5 Å². The Morgan fingerprint density at radius 3 is 2.71 bits per heavy atom. The van der Waals surface area contributed by atoms with Crippen molar-refractivity contribution in [2.45, 2.75) is 19.6 Å². The normalized spacial score (nSPS) is 10.4. The number of aliphatic carboxylic acids is 1. The van der Waals surface area contributed by atoms with Crippen molar-refractivity contribution in [2.75, 3.05) is 13.6 Å². The van der Waals surface area contributed by atoms with E-state index in [9.17, 15) is 9.59 Å². The SMILES string of the molecule is CN(CCC(=O)O)C(=O)Cn1nnnc1COc1ccc(Cl)cc1. The Balaban J connectivity index is 1.91. The molecule has 1 heterocycles. The van der Waals surface area contributed by atoms with Gasteiger partial charge >= 0.3 is 5.97 Å². The molecular formula is C14H16ClN5O4. The van der Waals surface area contributed by atoms with E-state index in [1.807, 2.05) is 0 Å². The second-order valence-corrected chi connectivity index (χ2v) is 5.39. The van der Waals surface area contributed by atoms with Crippen LogP contribution in [0.2, 0.25) is 5.02 Å². The van der Waals surface area contributed by atoms with Gasteiger partial charge in [0.05, 0.1) is 6.42 Å². The lowest BCUT2D eigenvalue weighted by molar-refractivity contribution is -0.138. The Labute approximate surface area is 142 Å². The third-order valence-corrected chi connectivity index (χ3v) is 3.41. The average Bonchev–Trinajstić information content (AvgIpc) is 2.99. The lowest BCUT2D eigenvalue weighted by atomic mass is 10.3. The Morgan fingerprint density at radius 1 is 1.33 bits per heavy atom. The fraction of sp³-hybridized carbons (Fsp3) is 0.357. The zero-order valence-corrected chi connectivity index (χ0v) is 13.7. The van der Waals surface area contributed by atoms with Crippen LogP contribution in [-0.4, -0.2) is 55.7 Å². The van der Waals surface area contributed by atoms with Gasteiger partial charge in [0.2, 0.25) is 5.91 Å². The number of amides is 1. The van der Waals surface area contributed by atoms with Crippen LogP contribution < -0.4 is 4.74 Å². The molecule has 9 nitrogen and oxygen atoms in total. The summed E-state index contributed by atoms with van der Waals surface area (Å²) in [6.45, 7) is 0.107. The topological polar surface area (TPSA) is 110 Å². The number of carboxylic acid groups (broad SMARTS) is 1. The van der Waals surface area contributed by atoms with E-state index in [1.165, 1.54) is 16.6 Å². The summed E-state index contributed by atoms with van der Waals surface area (Å²) in [5, 5.41) is 20.3. The van der Waals surface area contributed by atoms with Crippen molar-refractivity contribution in [3.05, 3.63) is 35.1 Å². The van der Waals surface area contributed by atoms with Crippen LogP contribution in [-0.2, 0) is 22.7 Å². The number of ether oxygens (including phenoxy) is 1. The van der Waals surface area contributed by atoms with Crippen molar-refractivity contribution < 1.29 is 19.4 Å². The molecule has 1 N–H and O–H groups in total. The van der Waals surface area contributed by atoms with Crippen LogP contribution in [0.3, 0.4) is 0 Å². The fourth-order valence-corrected chi connectivity index (χ4v) is 1.89. The number of hydrogen-bond acceptors (Lipinski definition) is 6. The van der Waals surface area contributed by atoms with Crippen LogP contribution in [0, 0.1) is 0 Å². The summed E-state index contributed by atoms with van der Waals surface area (Å²) in [5.41, 5.74) is 0. The van der Waals surface area contributed by atoms with Gasteiger partial charge in [-0.1, -0.05) is 11.6 Å². The smallest absolute Gasteiger partial charge is 0.305 e. The first kappa shape index (κ1) is 17.7.